The van der Waals surface area contributed by atoms with Gasteiger partial charge in [0.25, 0.3) is 5.91 Å². The molecule has 4 heterocycles. The van der Waals surface area contributed by atoms with Crippen molar-refractivity contribution in [2.24, 2.45) is 5.92 Å². The van der Waals surface area contributed by atoms with E-state index in [0.717, 1.165) is 35.1 Å². The first-order chi connectivity index (χ1) is 17.6. The van der Waals surface area contributed by atoms with Gasteiger partial charge in [0.05, 0.1) is 36.0 Å². The standard InChI is InChI=1S/C25H28F3N7OS/c1-14(2)34-11-18(12-34)35-13-31-20-9-29-19(8-21(20)35)23(36)32-15(3)22-10-30-24(37-22)33-17-6-4-16(5-7-17)25(26,27)28/h4,6-10,13-16,18H,5,11-12H2,1-3H3,(H,30,33)(H,32,36)/t15-,16?/m1/s1. The van der Waals surface area contributed by atoms with Gasteiger partial charge in [-0.15, -0.1) is 0 Å². The monoisotopic (exact) mass is 531 g/mol. The lowest BCUT2D eigenvalue weighted by molar-refractivity contribution is -0.160. The molecule has 3 aromatic heterocycles. The van der Waals surface area contributed by atoms with Gasteiger partial charge < -0.3 is 15.2 Å². The zero-order valence-corrected chi connectivity index (χ0v) is 21.5. The minimum Gasteiger partial charge on any atom is -0.343 e. The quantitative estimate of drug-likeness (QED) is 0.442. The summed E-state index contributed by atoms with van der Waals surface area (Å²) in [5.41, 5.74) is 2.50. The van der Waals surface area contributed by atoms with E-state index in [1.54, 1.807) is 18.5 Å². The Kier molecular flexibility index (Phi) is 6.80. The third kappa shape index (κ3) is 5.40. The van der Waals surface area contributed by atoms with Crippen molar-refractivity contribution < 1.29 is 18.0 Å². The Morgan fingerprint density at radius 2 is 1.95 bits per heavy atom. The molecular formula is C25H28F3N7OS. The second-order valence-corrected chi connectivity index (χ2v) is 10.8. The predicted octanol–water partition coefficient (Wildman–Crippen LogP) is 5.08. The normalized spacial score (nSPS) is 19.6. The van der Waals surface area contributed by atoms with E-state index in [0.29, 0.717) is 28.6 Å². The minimum atomic E-state index is -4.24. The lowest BCUT2D eigenvalue weighted by Gasteiger charge is -2.42. The fourth-order valence-electron chi connectivity index (χ4n) is 4.40. The molecule has 8 nitrogen and oxygen atoms in total. The van der Waals surface area contributed by atoms with Crippen LogP contribution < -0.4 is 10.6 Å². The van der Waals surface area contributed by atoms with Crippen molar-refractivity contribution in [3.05, 3.63) is 59.3 Å². The summed E-state index contributed by atoms with van der Waals surface area (Å²) in [4.78, 5) is 29.2. The number of anilines is 1. The van der Waals surface area contributed by atoms with E-state index in [2.05, 4.69) is 48.9 Å². The number of nitrogens with one attached hydrogen (secondary N) is 2. The molecule has 37 heavy (non-hydrogen) atoms. The highest BCUT2D eigenvalue weighted by Crippen LogP contribution is 2.34. The van der Waals surface area contributed by atoms with Crippen LogP contribution in [-0.4, -0.2) is 55.6 Å². The van der Waals surface area contributed by atoms with Gasteiger partial charge in [0, 0.05) is 35.9 Å². The van der Waals surface area contributed by atoms with Gasteiger partial charge in [-0.05, 0) is 39.3 Å². The third-order valence-corrected chi connectivity index (χ3v) is 7.87. The summed E-state index contributed by atoms with van der Waals surface area (Å²) in [5.74, 6) is -1.77. The SMILES string of the molecule is CC(C)N1CC(n2cnc3cnc(C(=O)N[C@H](C)c4cnc(NC5=CCC(C(F)(F)F)C=C5)s4)cc32)C1. The van der Waals surface area contributed by atoms with Gasteiger partial charge >= 0.3 is 6.18 Å². The van der Waals surface area contributed by atoms with Crippen LogP contribution in [0.4, 0.5) is 18.3 Å². The van der Waals surface area contributed by atoms with Gasteiger partial charge in [-0.1, -0.05) is 23.5 Å². The fourth-order valence-corrected chi connectivity index (χ4v) is 5.24. The van der Waals surface area contributed by atoms with Gasteiger partial charge in [0.15, 0.2) is 5.13 Å². The molecule has 1 aliphatic heterocycles. The van der Waals surface area contributed by atoms with Gasteiger partial charge in [-0.2, -0.15) is 13.2 Å². The number of nitrogens with zero attached hydrogens (tertiary/aromatic N) is 5. The molecule has 1 aliphatic carbocycles. The van der Waals surface area contributed by atoms with E-state index in [1.165, 1.54) is 23.5 Å². The smallest absolute Gasteiger partial charge is 0.343 e. The zero-order valence-electron chi connectivity index (χ0n) is 20.7. The first kappa shape index (κ1) is 25.4. The number of imidazole rings is 1. The van der Waals surface area contributed by atoms with Crippen LogP contribution in [0.25, 0.3) is 11.0 Å². The molecule has 196 valence electrons. The fraction of sp³-hybridized carbons (Fsp3) is 0.440. The Hall–Kier alpha value is -3.25. The Balaban J connectivity index is 1.21. The number of halogens is 3. The maximum absolute atomic E-state index is 13.0. The summed E-state index contributed by atoms with van der Waals surface area (Å²) in [5, 5.41) is 6.54. The Morgan fingerprint density at radius 1 is 1.16 bits per heavy atom. The summed E-state index contributed by atoms with van der Waals surface area (Å²) in [6, 6.07) is 2.26. The lowest BCUT2D eigenvalue weighted by Crippen LogP contribution is -2.50. The number of likely N-dealkylation sites (tertiary alicyclic amines) is 1. The number of alkyl halides is 3. The maximum atomic E-state index is 13.0. The van der Waals surface area contributed by atoms with Crippen LogP contribution in [-0.2, 0) is 0 Å². The van der Waals surface area contributed by atoms with Crippen molar-refractivity contribution >= 4 is 33.4 Å². The summed E-state index contributed by atoms with van der Waals surface area (Å²) >= 11 is 1.33. The molecule has 1 saturated heterocycles. The number of fused-ring (bicyclic) bond motifs is 1. The minimum absolute atomic E-state index is 0.111. The van der Waals surface area contributed by atoms with Crippen LogP contribution in [0.1, 0.15) is 54.6 Å². The lowest BCUT2D eigenvalue weighted by atomic mass is 9.99. The van der Waals surface area contributed by atoms with E-state index >= 15 is 0 Å². The Labute approximate surface area is 216 Å². The van der Waals surface area contributed by atoms with Gasteiger partial charge in [0.2, 0.25) is 0 Å². The molecule has 1 fully saturated rings. The number of hydrogen-bond donors (Lipinski definition) is 2. The molecule has 1 amide bonds. The second kappa shape index (κ2) is 9.90. The average Bonchev–Trinajstić information content (AvgIpc) is 3.45. The molecule has 0 bridgehead atoms. The average molecular weight is 532 g/mol. The number of amides is 1. The summed E-state index contributed by atoms with van der Waals surface area (Å²) in [6.07, 6.45) is 4.81. The van der Waals surface area contributed by atoms with E-state index in [-0.39, 0.29) is 18.4 Å². The van der Waals surface area contributed by atoms with Crippen LogP contribution in [0.3, 0.4) is 0 Å². The predicted molar refractivity (Wildman–Crippen MR) is 136 cm³/mol. The van der Waals surface area contributed by atoms with E-state index in [4.69, 9.17) is 0 Å². The number of rotatable bonds is 7. The number of pyridine rings is 1. The molecule has 0 saturated carbocycles. The van der Waals surface area contributed by atoms with E-state index < -0.39 is 12.1 Å². The number of hydrogen-bond acceptors (Lipinski definition) is 7. The van der Waals surface area contributed by atoms with Gasteiger partial charge in [0.1, 0.15) is 11.2 Å². The molecule has 2 atom stereocenters. The summed E-state index contributed by atoms with van der Waals surface area (Å²) in [7, 11) is 0. The molecule has 0 spiro atoms. The highest BCUT2D eigenvalue weighted by atomic mass is 32.1. The number of thiazole rings is 1. The molecule has 2 aliphatic rings. The zero-order chi connectivity index (χ0) is 26.3. The van der Waals surface area contributed by atoms with Crippen LogP contribution in [0.2, 0.25) is 0 Å². The molecule has 1 unspecified atom stereocenters. The Bertz CT molecular complexity index is 1350. The summed E-state index contributed by atoms with van der Waals surface area (Å²) in [6.45, 7) is 8.09. The molecule has 5 rings (SSSR count). The third-order valence-electron chi connectivity index (χ3n) is 6.78. The maximum Gasteiger partial charge on any atom is 0.395 e. The van der Waals surface area contributed by atoms with Crippen LogP contribution in [0.5, 0.6) is 0 Å². The van der Waals surface area contributed by atoms with Crippen molar-refractivity contribution in [2.45, 2.75) is 51.5 Å². The number of carbonyl (C=O) groups excluding carboxylic acids is 1. The van der Waals surface area contributed by atoms with Crippen LogP contribution >= 0.6 is 11.3 Å². The molecular weight excluding hydrogens is 503 g/mol. The Morgan fingerprint density at radius 3 is 2.62 bits per heavy atom. The highest BCUT2D eigenvalue weighted by molar-refractivity contribution is 7.15. The molecule has 2 N–H and O–H groups in total. The number of carbonyl (C=O) groups is 1. The molecule has 0 aromatic carbocycles. The molecule has 0 radical (unpaired) electrons. The van der Waals surface area contributed by atoms with Crippen LogP contribution in [0, 0.1) is 5.92 Å². The van der Waals surface area contributed by atoms with Crippen LogP contribution in [0.15, 0.2) is 48.7 Å². The first-order valence-corrected chi connectivity index (χ1v) is 13.0. The van der Waals surface area contributed by atoms with Crippen molar-refractivity contribution in [3.63, 3.8) is 0 Å². The van der Waals surface area contributed by atoms with E-state index in [9.17, 15) is 18.0 Å². The van der Waals surface area contributed by atoms with Crippen molar-refractivity contribution in [2.75, 3.05) is 18.4 Å². The molecule has 3 aromatic rings. The van der Waals surface area contributed by atoms with Gasteiger partial charge in [-0.25, -0.2) is 15.0 Å². The second-order valence-electron chi connectivity index (χ2n) is 9.70. The first-order valence-electron chi connectivity index (χ1n) is 12.1. The van der Waals surface area contributed by atoms with E-state index in [1.807, 2.05) is 13.3 Å². The topological polar surface area (TPSA) is 88.0 Å². The number of aromatic nitrogens is 4. The number of allylic oxidation sites excluding steroid dienone is 3. The molecule has 12 heteroatoms. The highest BCUT2D eigenvalue weighted by Gasteiger charge is 2.37. The van der Waals surface area contributed by atoms with Crippen molar-refractivity contribution in [1.82, 2.24) is 29.7 Å². The van der Waals surface area contributed by atoms with Crippen molar-refractivity contribution in [1.29, 1.82) is 0 Å². The summed E-state index contributed by atoms with van der Waals surface area (Å²) < 4.78 is 40.6. The van der Waals surface area contributed by atoms with Crippen molar-refractivity contribution in [3.8, 4) is 0 Å². The largest absolute Gasteiger partial charge is 0.395 e. The van der Waals surface area contributed by atoms with Gasteiger partial charge in [-0.3, -0.25) is 9.69 Å².